The summed E-state index contributed by atoms with van der Waals surface area (Å²) >= 11 is 0. The first-order valence-electron chi connectivity index (χ1n) is 6.02. The van der Waals surface area contributed by atoms with Gasteiger partial charge in [0.1, 0.15) is 5.69 Å². The molecule has 1 aromatic heterocycles. The molecule has 1 aliphatic rings. The first-order chi connectivity index (χ1) is 8.15. The van der Waals surface area contributed by atoms with Crippen LogP contribution in [0.5, 0.6) is 0 Å². The number of piperazine rings is 1. The minimum absolute atomic E-state index is 0.120. The third-order valence-electron chi connectivity index (χ3n) is 3.16. The van der Waals surface area contributed by atoms with E-state index in [2.05, 4.69) is 21.8 Å². The van der Waals surface area contributed by atoms with E-state index >= 15 is 0 Å². The van der Waals surface area contributed by atoms with E-state index in [0.717, 1.165) is 31.7 Å². The highest BCUT2D eigenvalue weighted by Crippen LogP contribution is 2.04. The fraction of sp³-hybridized carbons (Fsp3) is 0.538. The molecule has 0 N–H and O–H groups in total. The minimum Gasteiger partial charge on any atom is -0.304 e. The molecule has 1 saturated heterocycles. The maximum absolute atomic E-state index is 12.0. The second-order valence-corrected chi connectivity index (χ2v) is 4.72. The van der Waals surface area contributed by atoms with Gasteiger partial charge in [0.15, 0.2) is 5.78 Å². The standard InChI is InChI=1S/C13H19N3O/c1-11-3-4-12(14-9-11)13(17)10-16-7-5-15(2)6-8-16/h3-4,9H,5-8,10H2,1-2H3. The first kappa shape index (κ1) is 12.2. The quantitative estimate of drug-likeness (QED) is 0.724. The molecule has 0 aliphatic carbocycles. The number of carbonyl (C=O) groups excluding carboxylic acids is 1. The molecule has 0 unspecified atom stereocenters. The lowest BCUT2D eigenvalue weighted by Gasteiger charge is -2.31. The molecule has 0 bridgehead atoms. The molecule has 4 nitrogen and oxygen atoms in total. The van der Waals surface area contributed by atoms with Gasteiger partial charge in [0, 0.05) is 32.4 Å². The third-order valence-corrected chi connectivity index (χ3v) is 3.16. The predicted molar refractivity (Wildman–Crippen MR) is 67.2 cm³/mol. The zero-order chi connectivity index (χ0) is 12.3. The number of hydrogen-bond donors (Lipinski definition) is 0. The Morgan fingerprint density at radius 2 is 2.00 bits per heavy atom. The van der Waals surface area contributed by atoms with Gasteiger partial charge in [0.05, 0.1) is 6.54 Å². The molecular formula is C13H19N3O. The molecule has 0 aromatic carbocycles. The van der Waals surface area contributed by atoms with E-state index in [1.54, 1.807) is 6.20 Å². The van der Waals surface area contributed by atoms with Gasteiger partial charge in [0.2, 0.25) is 0 Å². The Morgan fingerprint density at radius 3 is 2.59 bits per heavy atom. The molecule has 4 heteroatoms. The number of ketones is 1. The zero-order valence-corrected chi connectivity index (χ0v) is 10.5. The summed E-state index contributed by atoms with van der Waals surface area (Å²) in [5.41, 5.74) is 1.66. The summed E-state index contributed by atoms with van der Waals surface area (Å²) in [6, 6.07) is 3.75. The number of aryl methyl sites for hydroxylation is 1. The van der Waals surface area contributed by atoms with E-state index in [1.807, 2.05) is 19.1 Å². The number of rotatable bonds is 3. The van der Waals surface area contributed by atoms with Gasteiger partial charge in [-0.25, -0.2) is 0 Å². The number of aromatic nitrogens is 1. The molecule has 0 amide bonds. The molecular weight excluding hydrogens is 214 g/mol. The van der Waals surface area contributed by atoms with Crippen LogP contribution in [-0.4, -0.2) is 60.3 Å². The lowest BCUT2D eigenvalue weighted by atomic mass is 10.2. The van der Waals surface area contributed by atoms with E-state index < -0.39 is 0 Å². The van der Waals surface area contributed by atoms with E-state index in [-0.39, 0.29) is 5.78 Å². The SMILES string of the molecule is Cc1ccc(C(=O)CN2CCN(C)CC2)nc1. The summed E-state index contributed by atoms with van der Waals surface area (Å²) in [5, 5.41) is 0. The Hall–Kier alpha value is -1.26. The normalized spacial score (nSPS) is 18.2. The van der Waals surface area contributed by atoms with Crippen LogP contribution in [0.1, 0.15) is 16.1 Å². The Morgan fingerprint density at radius 1 is 1.29 bits per heavy atom. The van der Waals surface area contributed by atoms with Crippen LogP contribution in [-0.2, 0) is 0 Å². The summed E-state index contributed by atoms with van der Waals surface area (Å²) in [6.45, 7) is 6.47. The molecule has 0 saturated carbocycles. The average Bonchev–Trinajstić information content (AvgIpc) is 2.33. The number of carbonyl (C=O) groups is 1. The Kier molecular flexibility index (Phi) is 3.86. The molecule has 2 heterocycles. The van der Waals surface area contributed by atoms with Crippen LogP contribution in [0.25, 0.3) is 0 Å². The van der Waals surface area contributed by atoms with E-state index in [9.17, 15) is 4.79 Å². The Balaban J connectivity index is 1.91. The first-order valence-corrected chi connectivity index (χ1v) is 6.02. The monoisotopic (exact) mass is 233 g/mol. The molecule has 1 aromatic rings. The lowest BCUT2D eigenvalue weighted by Crippen LogP contribution is -2.46. The van der Waals surface area contributed by atoms with E-state index in [1.165, 1.54) is 0 Å². The maximum atomic E-state index is 12.0. The second kappa shape index (κ2) is 5.38. The topological polar surface area (TPSA) is 36.4 Å². The van der Waals surface area contributed by atoms with E-state index in [0.29, 0.717) is 12.2 Å². The Bertz CT molecular complexity index is 380. The van der Waals surface area contributed by atoms with Gasteiger partial charge < -0.3 is 4.90 Å². The summed E-state index contributed by atoms with van der Waals surface area (Å²) in [6.07, 6.45) is 1.75. The molecule has 1 aliphatic heterocycles. The number of pyridine rings is 1. The van der Waals surface area contributed by atoms with Gasteiger partial charge in [-0.15, -0.1) is 0 Å². The smallest absolute Gasteiger partial charge is 0.195 e. The van der Waals surface area contributed by atoms with Crippen LogP contribution in [0.4, 0.5) is 0 Å². The van der Waals surface area contributed by atoms with Gasteiger partial charge in [-0.3, -0.25) is 14.7 Å². The summed E-state index contributed by atoms with van der Waals surface area (Å²) < 4.78 is 0. The highest BCUT2D eigenvalue weighted by Gasteiger charge is 2.17. The van der Waals surface area contributed by atoms with Gasteiger partial charge in [0.25, 0.3) is 0 Å². The van der Waals surface area contributed by atoms with Crippen molar-refractivity contribution in [2.45, 2.75) is 6.92 Å². The largest absolute Gasteiger partial charge is 0.304 e. The van der Waals surface area contributed by atoms with Gasteiger partial charge in [-0.05, 0) is 25.6 Å². The fourth-order valence-electron chi connectivity index (χ4n) is 1.92. The molecule has 0 radical (unpaired) electrons. The average molecular weight is 233 g/mol. The number of Topliss-reactive ketones (excluding diaryl/α,β-unsaturated/α-hetero) is 1. The highest BCUT2D eigenvalue weighted by molar-refractivity contribution is 5.95. The number of hydrogen-bond acceptors (Lipinski definition) is 4. The van der Waals surface area contributed by atoms with Gasteiger partial charge in [-0.1, -0.05) is 6.07 Å². The van der Waals surface area contributed by atoms with Crippen LogP contribution in [0.3, 0.4) is 0 Å². The van der Waals surface area contributed by atoms with Crippen molar-refractivity contribution in [2.75, 3.05) is 39.8 Å². The van der Waals surface area contributed by atoms with Crippen molar-refractivity contribution in [2.24, 2.45) is 0 Å². The van der Waals surface area contributed by atoms with Crippen LogP contribution in [0, 0.1) is 6.92 Å². The third kappa shape index (κ3) is 3.35. The van der Waals surface area contributed by atoms with Crippen molar-refractivity contribution in [1.29, 1.82) is 0 Å². The fourth-order valence-corrected chi connectivity index (χ4v) is 1.92. The predicted octanol–water partition coefficient (Wildman–Crippen LogP) is 0.820. The minimum atomic E-state index is 0.120. The van der Waals surface area contributed by atoms with Crippen molar-refractivity contribution in [3.8, 4) is 0 Å². The molecule has 2 rings (SSSR count). The number of likely N-dealkylation sites (N-methyl/N-ethyl adjacent to an activating group) is 1. The molecule has 1 fully saturated rings. The highest BCUT2D eigenvalue weighted by atomic mass is 16.1. The Labute approximate surface area is 102 Å². The van der Waals surface area contributed by atoms with Crippen molar-refractivity contribution >= 4 is 5.78 Å². The summed E-state index contributed by atoms with van der Waals surface area (Å²) in [5.74, 6) is 0.120. The maximum Gasteiger partial charge on any atom is 0.195 e. The van der Waals surface area contributed by atoms with Crippen LogP contribution < -0.4 is 0 Å². The van der Waals surface area contributed by atoms with Crippen molar-refractivity contribution in [3.05, 3.63) is 29.6 Å². The van der Waals surface area contributed by atoms with Crippen molar-refractivity contribution in [3.63, 3.8) is 0 Å². The molecule has 0 spiro atoms. The van der Waals surface area contributed by atoms with E-state index in [4.69, 9.17) is 0 Å². The lowest BCUT2D eigenvalue weighted by molar-refractivity contribution is 0.0871. The molecule has 0 atom stereocenters. The van der Waals surface area contributed by atoms with Crippen LogP contribution in [0.15, 0.2) is 18.3 Å². The molecule has 92 valence electrons. The number of nitrogens with zero attached hydrogens (tertiary/aromatic N) is 3. The summed E-state index contributed by atoms with van der Waals surface area (Å²) in [4.78, 5) is 20.6. The van der Waals surface area contributed by atoms with Gasteiger partial charge >= 0.3 is 0 Å². The molecule has 17 heavy (non-hydrogen) atoms. The zero-order valence-electron chi connectivity index (χ0n) is 10.5. The van der Waals surface area contributed by atoms with Crippen molar-refractivity contribution in [1.82, 2.24) is 14.8 Å². The second-order valence-electron chi connectivity index (χ2n) is 4.72. The van der Waals surface area contributed by atoms with Crippen LogP contribution >= 0.6 is 0 Å². The van der Waals surface area contributed by atoms with Gasteiger partial charge in [-0.2, -0.15) is 0 Å². The van der Waals surface area contributed by atoms with Crippen LogP contribution in [0.2, 0.25) is 0 Å². The van der Waals surface area contributed by atoms with Crippen molar-refractivity contribution < 1.29 is 4.79 Å². The summed E-state index contributed by atoms with van der Waals surface area (Å²) in [7, 11) is 2.11.